The Labute approximate surface area is 143 Å². The van der Waals surface area contributed by atoms with Crippen molar-refractivity contribution in [3.05, 3.63) is 27.3 Å². The summed E-state index contributed by atoms with van der Waals surface area (Å²) in [5, 5.41) is 0. The SMILES string of the molecule is O=S1CCC(n2c(CCCl)nc3cc(I)c(F)cc32)CC1. The number of halogens is 3. The molecule has 1 aliphatic heterocycles. The summed E-state index contributed by atoms with van der Waals surface area (Å²) in [5.74, 6) is 2.58. The molecule has 7 heteroatoms. The number of hydrogen-bond acceptors (Lipinski definition) is 2. The standard InChI is InChI=1S/C14H15ClFIN2OS/c15-4-1-14-18-12-8-11(17)10(16)7-13(12)19(14)9-2-5-21(20)6-3-9/h7-9H,1-6H2. The van der Waals surface area contributed by atoms with Crippen LogP contribution in [0.25, 0.3) is 11.0 Å². The minimum absolute atomic E-state index is 0.221. The van der Waals surface area contributed by atoms with Crippen molar-refractivity contribution in [2.45, 2.75) is 25.3 Å². The highest BCUT2D eigenvalue weighted by molar-refractivity contribution is 14.1. The molecule has 1 aromatic heterocycles. The van der Waals surface area contributed by atoms with Gasteiger partial charge in [-0.15, -0.1) is 11.6 Å². The molecule has 2 aromatic rings. The minimum Gasteiger partial charge on any atom is -0.325 e. The van der Waals surface area contributed by atoms with E-state index in [4.69, 9.17) is 11.6 Å². The van der Waals surface area contributed by atoms with Gasteiger partial charge < -0.3 is 4.57 Å². The Hall–Kier alpha value is -0.210. The van der Waals surface area contributed by atoms with Gasteiger partial charge in [0, 0.05) is 46.7 Å². The van der Waals surface area contributed by atoms with Gasteiger partial charge in [-0.2, -0.15) is 0 Å². The molecule has 3 rings (SSSR count). The highest BCUT2D eigenvalue weighted by atomic mass is 127. The topological polar surface area (TPSA) is 34.9 Å². The van der Waals surface area contributed by atoms with Crippen molar-refractivity contribution in [1.29, 1.82) is 0 Å². The lowest BCUT2D eigenvalue weighted by Crippen LogP contribution is -2.23. The normalized spacial score (nSPS) is 22.8. The molecule has 0 N–H and O–H groups in total. The molecular formula is C14H15ClFIN2OS. The molecule has 1 fully saturated rings. The first kappa shape index (κ1) is 15.7. The van der Waals surface area contributed by atoms with Crippen LogP contribution in [0.2, 0.25) is 0 Å². The molecule has 0 aliphatic carbocycles. The van der Waals surface area contributed by atoms with Gasteiger partial charge >= 0.3 is 0 Å². The third kappa shape index (κ3) is 3.12. The zero-order chi connectivity index (χ0) is 15.0. The zero-order valence-electron chi connectivity index (χ0n) is 11.3. The van der Waals surface area contributed by atoms with Gasteiger partial charge in [-0.3, -0.25) is 4.21 Å². The van der Waals surface area contributed by atoms with Gasteiger partial charge in [0.25, 0.3) is 0 Å². The second-order valence-electron chi connectivity index (χ2n) is 5.17. The fourth-order valence-electron chi connectivity index (χ4n) is 2.85. The number of imidazole rings is 1. The van der Waals surface area contributed by atoms with Crippen LogP contribution in [0.1, 0.15) is 24.7 Å². The Morgan fingerprint density at radius 2 is 2.14 bits per heavy atom. The second-order valence-corrected chi connectivity index (χ2v) is 8.41. The monoisotopic (exact) mass is 440 g/mol. The van der Waals surface area contributed by atoms with Crippen LogP contribution in [0.15, 0.2) is 12.1 Å². The molecule has 0 unspecified atom stereocenters. The summed E-state index contributed by atoms with van der Waals surface area (Å²) in [6.07, 6.45) is 2.36. The van der Waals surface area contributed by atoms with E-state index < -0.39 is 10.8 Å². The van der Waals surface area contributed by atoms with E-state index in [1.807, 2.05) is 22.6 Å². The second kappa shape index (κ2) is 6.50. The van der Waals surface area contributed by atoms with E-state index in [0.29, 0.717) is 27.4 Å². The summed E-state index contributed by atoms with van der Waals surface area (Å²) in [7, 11) is -0.710. The van der Waals surface area contributed by atoms with Gasteiger partial charge in [0.1, 0.15) is 11.6 Å². The Balaban J connectivity index is 2.11. The number of benzene rings is 1. The molecule has 0 amide bonds. The van der Waals surface area contributed by atoms with Crippen molar-refractivity contribution in [3.8, 4) is 0 Å². The molecule has 3 nitrogen and oxygen atoms in total. The number of rotatable bonds is 3. The summed E-state index contributed by atoms with van der Waals surface area (Å²) in [6.45, 7) is 0. The van der Waals surface area contributed by atoms with E-state index in [1.54, 1.807) is 12.1 Å². The van der Waals surface area contributed by atoms with Crippen LogP contribution < -0.4 is 0 Å². The summed E-state index contributed by atoms with van der Waals surface area (Å²) in [4.78, 5) is 4.63. The molecule has 1 aromatic carbocycles. The number of nitrogens with zero attached hydrogens (tertiary/aromatic N) is 2. The molecule has 21 heavy (non-hydrogen) atoms. The van der Waals surface area contributed by atoms with Gasteiger partial charge in [0.05, 0.1) is 14.6 Å². The van der Waals surface area contributed by atoms with Gasteiger partial charge in [0.15, 0.2) is 0 Å². The highest BCUT2D eigenvalue weighted by Crippen LogP contribution is 2.30. The van der Waals surface area contributed by atoms with Crippen molar-refractivity contribution < 1.29 is 8.60 Å². The zero-order valence-corrected chi connectivity index (χ0v) is 15.0. The fraction of sp³-hybridized carbons (Fsp3) is 0.500. The molecule has 2 heterocycles. The van der Waals surface area contributed by atoms with Gasteiger partial charge in [0.2, 0.25) is 0 Å². The predicted octanol–water partition coefficient (Wildman–Crippen LogP) is 3.64. The lowest BCUT2D eigenvalue weighted by Gasteiger charge is -2.25. The van der Waals surface area contributed by atoms with E-state index in [-0.39, 0.29) is 11.9 Å². The summed E-state index contributed by atoms with van der Waals surface area (Å²) in [6, 6.07) is 3.58. The first-order valence-corrected chi connectivity index (χ1v) is 9.97. The highest BCUT2D eigenvalue weighted by Gasteiger charge is 2.24. The molecule has 0 spiro atoms. The predicted molar refractivity (Wildman–Crippen MR) is 93.0 cm³/mol. The summed E-state index contributed by atoms with van der Waals surface area (Å²) in [5.41, 5.74) is 1.64. The van der Waals surface area contributed by atoms with Gasteiger partial charge in [-0.25, -0.2) is 9.37 Å². The van der Waals surface area contributed by atoms with E-state index in [2.05, 4.69) is 9.55 Å². The Morgan fingerprint density at radius 3 is 2.81 bits per heavy atom. The van der Waals surface area contributed by atoms with E-state index in [0.717, 1.165) is 29.7 Å². The average molecular weight is 441 g/mol. The number of hydrogen-bond donors (Lipinski definition) is 0. The molecule has 1 aliphatic rings. The number of fused-ring (bicyclic) bond motifs is 1. The molecule has 0 radical (unpaired) electrons. The molecule has 114 valence electrons. The van der Waals surface area contributed by atoms with Crippen LogP contribution in [0, 0.1) is 9.39 Å². The van der Waals surface area contributed by atoms with E-state index >= 15 is 0 Å². The first-order chi connectivity index (χ1) is 10.1. The molecule has 0 atom stereocenters. The Kier molecular flexibility index (Phi) is 4.85. The van der Waals surface area contributed by atoms with Crippen LogP contribution in [0.4, 0.5) is 4.39 Å². The molecule has 1 saturated heterocycles. The van der Waals surface area contributed by atoms with Crippen LogP contribution in [-0.4, -0.2) is 31.1 Å². The van der Waals surface area contributed by atoms with Crippen LogP contribution in [0.3, 0.4) is 0 Å². The third-order valence-corrected chi connectivity index (χ3v) is 6.24. The van der Waals surface area contributed by atoms with Crippen molar-refractivity contribution in [3.63, 3.8) is 0 Å². The lowest BCUT2D eigenvalue weighted by molar-refractivity contribution is 0.458. The lowest BCUT2D eigenvalue weighted by atomic mass is 10.1. The Morgan fingerprint density at radius 1 is 1.43 bits per heavy atom. The quantitative estimate of drug-likeness (QED) is 0.539. The minimum atomic E-state index is -0.710. The molecular weight excluding hydrogens is 426 g/mol. The van der Waals surface area contributed by atoms with Crippen molar-refractivity contribution in [2.75, 3.05) is 17.4 Å². The Bertz CT molecular complexity index is 696. The van der Waals surface area contributed by atoms with Crippen LogP contribution >= 0.6 is 34.2 Å². The van der Waals surface area contributed by atoms with Crippen LogP contribution in [-0.2, 0) is 17.2 Å². The van der Waals surface area contributed by atoms with Crippen molar-refractivity contribution >= 4 is 56.0 Å². The largest absolute Gasteiger partial charge is 0.325 e. The average Bonchev–Trinajstić information content (AvgIpc) is 2.78. The van der Waals surface area contributed by atoms with E-state index in [9.17, 15) is 8.60 Å². The van der Waals surface area contributed by atoms with Crippen molar-refractivity contribution in [2.24, 2.45) is 0 Å². The molecule has 0 bridgehead atoms. The summed E-state index contributed by atoms with van der Waals surface area (Å²) < 4.78 is 28.2. The summed E-state index contributed by atoms with van der Waals surface area (Å²) >= 11 is 7.86. The number of aryl methyl sites for hydroxylation is 1. The molecule has 0 saturated carbocycles. The smallest absolute Gasteiger partial charge is 0.138 e. The number of aromatic nitrogens is 2. The maximum absolute atomic E-state index is 13.9. The number of alkyl halides is 1. The van der Waals surface area contributed by atoms with Gasteiger partial charge in [-0.05, 0) is 41.5 Å². The van der Waals surface area contributed by atoms with Crippen molar-refractivity contribution in [1.82, 2.24) is 9.55 Å². The first-order valence-electron chi connectivity index (χ1n) is 6.87. The third-order valence-electron chi connectivity index (χ3n) is 3.85. The van der Waals surface area contributed by atoms with Crippen LogP contribution in [0.5, 0.6) is 0 Å². The fourth-order valence-corrected chi connectivity index (χ4v) is 4.74. The van der Waals surface area contributed by atoms with E-state index in [1.165, 1.54) is 0 Å². The maximum Gasteiger partial charge on any atom is 0.138 e. The maximum atomic E-state index is 13.9. The van der Waals surface area contributed by atoms with Gasteiger partial charge in [-0.1, -0.05) is 0 Å².